The van der Waals surface area contributed by atoms with Crippen LogP contribution in [0.5, 0.6) is 0 Å². The Morgan fingerprint density at radius 2 is 1.09 bits per heavy atom. The summed E-state index contributed by atoms with van der Waals surface area (Å²) in [5, 5.41) is 32.0. The summed E-state index contributed by atoms with van der Waals surface area (Å²) in [6.07, 6.45) is 7.14. The van der Waals surface area contributed by atoms with Gasteiger partial charge in [-0.2, -0.15) is 20.5 Å². The van der Waals surface area contributed by atoms with Crippen LogP contribution in [0.4, 0.5) is 46.3 Å². The third-order valence-electron chi connectivity index (χ3n) is 11.9. The van der Waals surface area contributed by atoms with E-state index in [0.717, 1.165) is 101 Å². The maximum absolute atomic E-state index is 11.5. The van der Waals surface area contributed by atoms with Gasteiger partial charge in [-0.1, -0.05) is 12.1 Å². The fourth-order valence-electron chi connectivity index (χ4n) is 8.36. The molecule has 2 aliphatic rings. The predicted molar refractivity (Wildman–Crippen MR) is 267 cm³/mol. The van der Waals surface area contributed by atoms with Gasteiger partial charge in [0.1, 0.15) is 11.6 Å². The Morgan fingerprint density at radius 3 is 1.54 bits per heavy atom. The van der Waals surface area contributed by atoms with Gasteiger partial charge in [-0.15, -0.1) is 0 Å². The molecule has 6 aromatic rings. The van der Waals surface area contributed by atoms with E-state index in [9.17, 15) is 14.9 Å². The molecule has 2 amide bonds. The van der Waals surface area contributed by atoms with Crippen molar-refractivity contribution in [3.8, 4) is 12.1 Å². The van der Waals surface area contributed by atoms with E-state index < -0.39 is 11.8 Å². The van der Waals surface area contributed by atoms with E-state index in [1.807, 2.05) is 94.4 Å². The number of nitriles is 2. The van der Waals surface area contributed by atoms with E-state index in [2.05, 4.69) is 79.1 Å². The third kappa shape index (κ3) is 12.1. The number of hydrogen-bond donors (Lipinski definition) is 6. The highest BCUT2D eigenvalue weighted by atomic mass is 79.9. The van der Waals surface area contributed by atoms with E-state index >= 15 is 0 Å². The first-order valence-corrected chi connectivity index (χ1v) is 22.8. The zero-order valence-corrected chi connectivity index (χ0v) is 39.5. The molecule has 67 heavy (non-hydrogen) atoms. The molecule has 2 aliphatic heterocycles. The SMILES string of the molecule is Cc1cc(C#N)cc(C)c1Nc1ccnc(NC2CCN(c3cccc(C(N)=O)c3)CC2)n1.Cc1cc(C#N)cc(C)c1Nc1nc(NC2CCN(c3cccc(C(N)=O)c3)CC2)ncc1Br. The number of carbonyl (C=O) groups is 2. The second kappa shape index (κ2) is 21.5. The molecule has 0 unspecified atom stereocenters. The summed E-state index contributed by atoms with van der Waals surface area (Å²) in [6, 6.07) is 29.0. The lowest BCUT2D eigenvalue weighted by atomic mass is 10.0. The molecule has 0 atom stereocenters. The van der Waals surface area contributed by atoms with E-state index in [1.54, 1.807) is 24.5 Å². The molecular formula is C50H53BrN14O2. The highest BCUT2D eigenvalue weighted by molar-refractivity contribution is 9.10. The average molecular weight is 962 g/mol. The molecule has 2 fully saturated rings. The van der Waals surface area contributed by atoms with Crippen LogP contribution in [0.2, 0.25) is 0 Å². The number of benzene rings is 4. The van der Waals surface area contributed by atoms with Gasteiger partial charge in [0, 0.05) is 84.5 Å². The van der Waals surface area contributed by atoms with Crippen molar-refractivity contribution >= 4 is 74.0 Å². The molecule has 0 spiro atoms. The number of rotatable bonds is 12. The number of aryl methyl sites for hydroxylation is 4. The van der Waals surface area contributed by atoms with Crippen LogP contribution in [-0.4, -0.2) is 70.0 Å². The minimum atomic E-state index is -0.415. The van der Waals surface area contributed by atoms with Crippen molar-refractivity contribution in [3.05, 3.63) is 140 Å². The highest BCUT2D eigenvalue weighted by Gasteiger charge is 2.23. The lowest BCUT2D eigenvalue weighted by molar-refractivity contribution is 0.0992. The molecule has 8 rings (SSSR count). The zero-order valence-electron chi connectivity index (χ0n) is 37.9. The average Bonchev–Trinajstić information content (AvgIpc) is 3.33. The lowest BCUT2D eigenvalue weighted by Gasteiger charge is -2.34. The van der Waals surface area contributed by atoms with Crippen LogP contribution in [0.3, 0.4) is 0 Å². The number of aromatic nitrogens is 4. The van der Waals surface area contributed by atoms with Gasteiger partial charge in [-0.25, -0.2) is 9.97 Å². The molecule has 17 heteroatoms. The fraction of sp³-hybridized carbons (Fsp3) is 0.280. The van der Waals surface area contributed by atoms with Crippen LogP contribution < -0.4 is 42.5 Å². The normalized spacial score (nSPS) is 13.9. The Balaban J connectivity index is 0.000000199. The zero-order chi connectivity index (χ0) is 47.6. The summed E-state index contributed by atoms with van der Waals surface area (Å²) in [4.78, 5) is 45.6. The van der Waals surface area contributed by atoms with Crippen molar-refractivity contribution in [1.82, 2.24) is 19.9 Å². The molecule has 16 nitrogen and oxygen atoms in total. The van der Waals surface area contributed by atoms with E-state index in [4.69, 9.17) is 16.7 Å². The third-order valence-corrected chi connectivity index (χ3v) is 12.4. The largest absolute Gasteiger partial charge is 0.371 e. The summed E-state index contributed by atoms with van der Waals surface area (Å²) in [6.45, 7) is 11.3. The topological polar surface area (TPSA) is 240 Å². The van der Waals surface area contributed by atoms with E-state index in [0.29, 0.717) is 45.8 Å². The van der Waals surface area contributed by atoms with Crippen molar-refractivity contribution in [3.63, 3.8) is 0 Å². The molecular weight excluding hydrogens is 909 g/mol. The number of amides is 2. The Labute approximate surface area is 399 Å². The van der Waals surface area contributed by atoms with Crippen molar-refractivity contribution in [2.75, 3.05) is 57.2 Å². The Hall–Kier alpha value is -7.76. The van der Waals surface area contributed by atoms with Gasteiger partial charge < -0.3 is 42.5 Å². The van der Waals surface area contributed by atoms with Crippen molar-refractivity contribution in [2.24, 2.45) is 11.5 Å². The van der Waals surface area contributed by atoms with Gasteiger partial charge in [0.25, 0.3) is 0 Å². The molecule has 4 heterocycles. The monoisotopic (exact) mass is 960 g/mol. The first-order valence-electron chi connectivity index (χ1n) is 22.0. The molecule has 8 N–H and O–H groups in total. The minimum Gasteiger partial charge on any atom is -0.371 e. The second-order valence-electron chi connectivity index (χ2n) is 16.7. The maximum atomic E-state index is 11.5. The lowest BCUT2D eigenvalue weighted by Crippen LogP contribution is -2.39. The number of nitrogens with one attached hydrogen (secondary N) is 4. The number of hydrogen-bond acceptors (Lipinski definition) is 14. The predicted octanol–water partition coefficient (Wildman–Crippen LogP) is 8.54. The van der Waals surface area contributed by atoms with E-state index in [-0.39, 0.29) is 12.1 Å². The van der Waals surface area contributed by atoms with Crippen LogP contribution >= 0.6 is 15.9 Å². The van der Waals surface area contributed by atoms with Gasteiger partial charge in [-0.3, -0.25) is 9.59 Å². The van der Waals surface area contributed by atoms with Gasteiger partial charge in [0.05, 0.1) is 27.7 Å². The first kappa shape index (κ1) is 47.2. The van der Waals surface area contributed by atoms with Gasteiger partial charge in [0.15, 0.2) is 0 Å². The summed E-state index contributed by atoms with van der Waals surface area (Å²) in [5.41, 5.74) is 21.0. The number of nitrogens with two attached hydrogens (primary N) is 2. The number of piperidine rings is 2. The number of halogens is 1. The molecule has 0 saturated carbocycles. The summed E-state index contributed by atoms with van der Waals surface area (Å²) in [7, 11) is 0. The van der Waals surface area contributed by atoms with Crippen LogP contribution in [0, 0.1) is 50.4 Å². The second-order valence-corrected chi connectivity index (χ2v) is 17.6. The Bertz CT molecular complexity index is 2810. The molecule has 0 radical (unpaired) electrons. The maximum Gasteiger partial charge on any atom is 0.248 e. The number of anilines is 8. The molecule has 4 aromatic carbocycles. The highest BCUT2D eigenvalue weighted by Crippen LogP contribution is 2.31. The Morgan fingerprint density at radius 1 is 0.642 bits per heavy atom. The smallest absolute Gasteiger partial charge is 0.248 e. The quantitative estimate of drug-likeness (QED) is 0.0674. The van der Waals surface area contributed by atoms with Crippen LogP contribution in [0.25, 0.3) is 0 Å². The van der Waals surface area contributed by atoms with E-state index in [1.165, 1.54) is 0 Å². The van der Waals surface area contributed by atoms with Gasteiger partial charge >= 0.3 is 0 Å². The van der Waals surface area contributed by atoms with Crippen LogP contribution in [0.15, 0.2) is 95.7 Å². The molecule has 342 valence electrons. The van der Waals surface area contributed by atoms with Gasteiger partial charge in [0.2, 0.25) is 23.7 Å². The summed E-state index contributed by atoms with van der Waals surface area (Å²) < 4.78 is 0.755. The number of nitrogens with zero attached hydrogens (tertiary/aromatic N) is 8. The van der Waals surface area contributed by atoms with Crippen molar-refractivity contribution in [2.45, 2.75) is 65.5 Å². The van der Waals surface area contributed by atoms with Crippen LogP contribution in [0.1, 0.15) is 79.8 Å². The molecule has 0 bridgehead atoms. The summed E-state index contributed by atoms with van der Waals surface area (Å²) in [5.74, 6) is 1.67. The summed E-state index contributed by atoms with van der Waals surface area (Å²) >= 11 is 3.53. The van der Waals surface area contributed by atoms with Gasteiger partial charge in [-0.05, 0) is 158 Å². The number of carbonyl (C=O) groups excluding carboxylic acids is 2. The fourth-order valence-corrected chi connectivity index (χ4v) is 8.65. The van der Waals surface area contributed by atoms with Crippen molar-refractivity contribution < 1.29 is 9.59 Å². The minimum absolute atomic E-state index is 0.239. The molecule has 2 saturated heterocycles. The number of primary amides is 2. The molecule has 0 aliphatic carbocycles. The van der Waals surface area contributed by atoms with Crippen LogP contribution in [-0.2, 0) is 0 Å². The molecule has 2 aromatic heterocycles. The first-order chi connectivity index (χ1) is 32.3. The Kier molecular flexibility index (Phi) is 15.1. The van der Waals surface area contributed by atoms with Crippen molar-refractivity contribution in [1.29, 1.82) is 10.5 Å². The standard InChI is InChI=1S/C25H26BrN7O.C25H27N7O/c1-15-10-17(13-27)11-16(2)22(15)31-24-21(26)14-29-25(32-24)30-19-6-8-33(9-7-19)20-5-3-4-18(12-20)23(28)34;1-16-12-18(15-26)13-17(2)23(16)30-22-6-9-28-25(31-22)29-20-7-10-32(11-8-20)21-5-3-4-19(14-21)24(27)33/h3-5,10-12,14,19H,6-9H2,1-2H3,(H2,28,34)(H2,29,30,31,32);3-6,9,12-14,20H,7-8,10-11H2,1-2H3,(H2,27,33)(H2,28,29,30,31).